The first-order valence-corrected chi connectivity index (χ1v) is 5.08. The van der Waals surface area contributed by atoms with Gasteiger partial charge in [-0.1, -0.05) is 6.92 Å². The Morgan fingerprint density at radius 3 is 2.93 bits per heavy atom. The van der Waals surface area contributed by atoms with Gasteiger partial charge in [0.2, 0.25) is 5.91 Å². The Hall–Kier alpha value is -0.610. The standard InChI is InChI=1S/C10H19NO3/c1-8(10(12)11(2)13-3)7-9-5-4-6-14-9/h8-9H,4-7H2,1-3H3/t8-,9?/m0/s1. The summed E-state index contributed by atoms with van der Waals surface area (Å²) < 4.78 is 5.48. The molecule has 4 heteroatoms. The Morgan fingerprint density at radius 1 is 1.71 bits per heavy atom. The second-order valence-corrected chi connectivity index (χ2v) is 3.79. The van der Waals surface area contributed by atoms with Crippen molar-refractivity contribution >= 4 is 5.91 Å². The second kappa shape index (κ2) is 5.32. The van der Waals surface area contributed by atoms with Crippen LogP contribution < -0.4 is 0 Å². The number of carbonyl (C=O) groups is 1. The van der Waals surface area contributed by atoms with Crippen molar-refractivity contribution in [2.75, 3.05) is 20.8 Å². The Morgan fingerprint density at radius 2 is 2.43 bits per heavy atom. The maximum absolute atomic E-state index is 11.6. The van der Waals surface area contributed by atoms with Gasteiger partial charge in [0.15, 0.2) is 0 Å². The Bertz CT molecular complexity index is 190. The van der Waals surface area contributed by atoms with Crippen molar-refractivity contribution in [1.82, 2.24) is 5.06 Å². The fourth-order valence-corrected chi connectivity index (χ4v) is 1.73. The number of rotatable bonds is 4. The summed E-state index contributed by atoms with van der Waals surface area (Å²) in [6.45, 7) is 2.76. The molecule has 82 valence electrons. The summed E-state index contributed by atoms with van der Waals surface area (Å²) in [6, 6.07) is 0. The van der Waals surface area contributed by atoms with E-state index in [0.717, 1.165) is 25.9 Å². The summed E-state index contributed by atoms with van der Waals surface area (Å²) in [5.74, 6) is -0.00829. The number of ether oxygens (including phenoxy) is 1. The summed E-state index contributed by atoms with van der Waals surface area (Å²) >= 11 is 0. The maximum Gasteiger partial charge on any atom is 0.248 e. The van der Waals surface area contributed by atoms with Crippen molar-refractivity contribution in [3.05, 3.63) is 0 Å². The van der Waals surface area contributed by atoms with E-state index in [0.29, 0.717) is 0 Å². The number of amides is 1. The molecule has 1 amide bonds. The molecular weight excluding hydrogens is 182 g/mol. The third-order valence-corrected chi connectivity index (χ3v) is 2.65. The molecule has 1 saturated heterocycles. The van der Waals surface area contributed by atoms with Gasteiger partial charge in [0.25, 0.3) is 0 Å². The number of hydroxylamine groups is 2. The molecule has 1 fully saturated rings. The van der Waals surface area contributed by atoms with Crippen LogP contribution in [0.4, 0.5) is 0 Å². The zero-order valence-corrected chi connectivity index (χ0v) is 9.16. The van der Waals surface area contributed by atoms with Crippen LogP contribution in [0.2, 0.25) is 0 Å². The molecule has 4 nitrogen and oxygen atoms in total. The predicted molar refractivity (Wildman–Crippen MR) is 52.5 cm³/mol. The molecule has 1 rings (SSSR count). The summed E-state index contributed by atoms with van der Waals surface area (Å²) in [4.78, 5) is 16.4. The molecule has 0 bridgehead atoms. The minimum Gasteiger partial charge on any atom is -0.378 e. The first-order valence-electron chi connectivity index (χ1n) is 5.08. The number of nitrogens with zero attached hydrogens (tertiary/aromatic N) is 1. The highest BCUT2D eigenvalue weighted by molar-refractivity contribution is 5.77. The quantitative estimate of drug-likeness (QED) is 0.642. The Labute approximate surface area is 85.1 Å². The highest BCUT2D eigenvalue weighted by Crippen LogP contribution is 2.20. The fraction of sp³-hybridized carbons (Fsp3) is 0.900. The van der Waals surface area contributed by atoms with Crippen molar-refractivity contribution in [1.29, 1.82) is 0 Å². The van der Waals surface area contributed by atoms with Crippen LogP contribution in [0.25, 0.3) is 0 Å². The molecule has 0 radical (unpaired) electrons. The highest BCUT2D eigenvalue weighted by Gasteiger charge is 2.24. The lowest BCUT2D eigenvalue weighted by molar-refractivity contribution is -0.173. The average Bonchev–Trinajstić information content (AvgIpc) is 2.68. The van der Waals surface area contributed by atoms with Gasteiger partial charge in [-0.25, -0.2) is 5.06 Å². The van der Waals surface area contributed by atoms with E-state index in [1.165, 1.54) is 12.2 Å². The van der Waals surface area contributed by atoms with E-state index >= 15 is 0 Å². The average molecular weight is 201 g/mol. The van der Waals surface area contributed by atoms with E-state index in [2.05, 4.69) is 0 Å². The van der Waals surface area contributed by atoms with Crippen LogP contribution in [0, 0.1) is 5.92 Å². The molecular formula is C10H19NO3. The third-order valence-electron chi connectivity index (χ3n) is 2.65. The van der Waals surface area contributed by atoms with Crippen LogP contribution in [0.3, 0.4) is 0 Å². The summed E-state index contributed by atoms with van der Waals surface area (Å²) in [6.07, 6.45) is 3.26. The second-order valence-electron chi connectivity index (χ2n) is 3.79. The van der Waals surface area contributed by atoms with Gasteiger partial charge >= 0.3 is 0 Å². The summed E-state index contributed by atoms with van der Waals surface area (Å²) in [5, 5.41) is 1.28. The Kier molecular flexibility index (Phi) is 4.35. The molecule has 0 aromatic carbocycles. The number of carbonyl (C=O) groups excluding carboxylic acids is 1. The SMILES string of the molecule is CON(C)C(=O)[C@@H](C)CC1CCCO1. The highest BCUT2D eigenvalue weighted by atomic mass is 16.7. The molecule has 1 heterocycles. The normalized spacial score (nSPS) is 23.5. The molecule has 1 aliphatic heterocycles. The van der Waals surface area contributed by atoms with Crippen molar-refractivity contribution < 1.29 is 14.4 Å². The molecule has 0 saturated carbocycles. The lowest BCUT2D eigenvalue weighted by Crippen LogP contribution is -2.32. The van der Waals surface area contributed by atoms with Crippen LogP contribution in [0.5, 0.6) is 0 Å². The van der Waals surface area contributed by atoms with Gasteiger partial charge in [-0.05, 0) is 19.3 Å². The third kappa shape index (κ3) is 2.96. The molecule has 0 aliphatic carbocycles. The van der Waals surface area contributed by atoms with Gasteiger partial charge in [0.05, 0.1) is 13.2 Å². The Balaban J connectivity index is 2.32. The van der Waals surface area contributed by atoms with E-state index < -0.39 is 0 Å². The van der Waals surface area contributed by atoms with Crippen molar-refractivity contribution in [3.8, 4) is 0 Å². The zero-order valence-electron chi connectivity index (χ0n) is 9.16. The molecule has 0 aromatic heterocycles. The number of hydrogen-bond donors (Lipinski definition) is 0. The molecule has 1 aliphatic rings. The first-order chi connectivity index (χ1) is 6.65. The molecule has 1 unspecified atom stereocenters. The lowest BCUT2D eigenvalue weighted by Gasteiger charge is -2.20. The molecule has 0 spiro atoms. The largest absolute Gasteiger partial charge is 0.378 e. The summed E-state index contributed by atoms with van der Waals surface area (Å²) in [7, 11) is 3.13. The van der Waals surface area contributed by atoms with E-state index in [1.807, 2.05) is 6.92 Å². The fourth-order valence-electron chi connectivity index (χ4n) is 1.73. The van der Waals surface area contributed by atoms with Gasteiger partial charge in [0, 0.05) is 19.6 Å². The van der Waals surface area contributed by atoms with Gasteiger partial charge < -0.3 is 4.74 Å². The van der Waals surface area contributed by atoms with E-state index in [4.69, 9.17) is 9.57 Å². The molecule has 0 N–H and O–H groups in total. The van der Waals surface area contributed by atoms with Gasteiger partial charge in [-0.2, -0.15) is 0 Å². The van der Waals surface area contributed by atoms with E-state index in [9.17, 15) is 4.79 Å². The lowest BCUT2D eigenvalue weighted by atomic mass is 10.0. The van der Waals surface area contributed by atoms with Gasteiger partial charge in [-0.15, -0.1) is 0 Å². The minimum atomic E-state index is -0.0250. The topological polar surface area (TPSA) is 38.8 Å². The van der Waals surface area contributed by atoms with Gasteiger partial charge in [-0.3, -0.25) is 9.63 Å². The predicted octanol–water partition coefficient (Wildman–Crippen LogP) is 1.21. The van der Waals surface area contributed by atoms with Crippen LogP contribution >= 0.6 is 0 Å². The van der Waals surface area contributed by atoms with E-state index in [1.54, 1.807) is 7.05 Å². The van der Waals surface area contributed by atoms with Crippen LogP contribution in [0.1, 0.15) is 26.2 Å². The molecule has 14 heavy (non-hydrogen) atoms. The minimum absolute atomic E-state index is 0.0167. The van der Waals surface area contributed by atoms with Crippen LogP contribution in [-0.4, -0.2) is 37.8 Å². The number of hydrogen-bond acceptors (Lipinski definition) is 3. The summed E-state index contributed by atoms with van der Waals surface area (Å²) in [5.41, 5.74) is 0. The first kappa shape index (κ1) is 11.5. The zero-order chi connectivity index (χ0) is 10.6. The van der Waals surface area contributed by atoms with Gasteiger partial charge in [0.1, 0.15) is 0 Å². The van der Waals surface area contributed by atoms with Crippen molar-refractivity contribution in [2.45, 2.75) is 32.3 Å². The van der Waals surface area contributed by atoms with Crippen LogP contribution in [0.15, 0.2) is 0 Å². The smallest absolute Gasteiger partial charge is 0.248 e. The van der Waals surface area contributed by atoms with Crippen molar-refractivity contribution in [3.63, 3.8) is 0 Å². The van der Waals surface area contributed by atoms with E-state index in [-0.39, 0.29) is 17.9 Å². The van der Waals surface area contributed by atoms with Crippen molar-refractivity contribution in [2.24, 2.45) is 5.92 Å². The maximum atomic E-state index is 11.6. The van der Waals surface area contributed by atoms with Crippen LogP contribution in [-0.2, 0) is 14.4 Å². The molecule has 2 atom stereocenters. The molecule has 0 aromatic rings. The monoisotopic (exact) mass is 201 g/mol.